The molecule has 0 atom stereocenters. The minimum atomic E-state index is -3.76. The van der Waals surface area contributed by atoms with Crippen molar-refractivity contribution in [2.75, 3.05) is 12.3 Å². The highest BCUT2D eigenvalue weighted by molar-refractivity contribution is 7.89. The van der Waals surface area contributed by atoms with E-state index in [1.165, 1.54) is 29.1 Å². The second kappa shape index (κ2) is 5.68. The summed E-state index contributed by atoms with van der Waals surface area (Å²) < 4.78 is 28.1. The van der Waals surface area contributed by atoms with Crippen LogP contribution in [-0.2, 0) is 16.6 Å². The zero-order valence-corrected chi connectivity index (χ0v) is 11.2. The molecule has 2 aromatic rings. The lowest BCUT2D eigenvalue weighted by Crippen LogP contribution is -2.28. The molecular formula is C11H12N6O2S. The fourth-order valence-electron chi connectivity index (χ4n) is 1.59. The number of nitrogens with zero attached hydrogens (tertiary/aromatic N) is 4. The smallest absolute Gasteiger partial charge is 0.241 e. The molecule has 1 heterocycles. The van der Waals surface area contributed by atoms with Gasteiger partial charge < -0.3 is 5.73 Å². The Kier molecular flexibility index (Phi) is 3.97. The van der Waals surface area contributed by atoms with Crippen LogP contribution in [0, 0.1) is 11.3 Å². The quantitative estimate of drug-likeness (QED) is 0.729. The van der Waals surface area contributed by atoms with Crippen molar-refractivity contribution in [3.8, 4) is 6.07 Å². The van der Waals surface area contributed by atoms with E-state index in [9.17, 15) is 8.42 Å². The number of sulfonamides is 1. The maximum absolute atomic E-state index is 12.1. The molecule has 0 spiro atoms. The van der Waals surface area contributed by atoms with Crippen molar-refractivity contribution >= 4 is 15.7 Å². The Morgan fingerprint density at radius 1 is 1.45 bits per heavy atom. The number of nitrogens with two attached hydrogens (primary N) is 1. The van der Waals surface area contributed by atoms with Gasteiger partial charge in [-0.3, -0.25) is 4.68 Å². The Morgan fingerprint density at radius 3 is 2.90 bits per heavy atom. The van der Waals surface area contributed by atoms with Gasteiger partial charge in [-0.2, -0.15) is 5.26 Å². The molecule has 0 aliphatic heterocycles. The Bertz CT molecular complexity index is 733. The number of anilines is 1. The molecule has 2 rings (SSSR count). The van der Waals surface area contributed by atoms with Crippen LogP contribution in [0.3, 0.4) is 0 Å². The molecule has 0 amide bonds. The molecule has 1 aromatic heterocycles. The lowest BCUT2D eigenvalue weighted by molar-refractivity contribution is 0.552. The van der Waals surface area contributed by atoms with E-state index in [2.05, 4.69) is 15.0 Å². The summed E-state index contributed by atoms with van der Waals surface area (Å²) in [4.78, 5) is -0.0900. The van der Waals surface area contributed by atoms with Crippen molar-refractivity contribution in [3.63, 3.8) is 0 Å². The molecule has 0 aliphatic carbocycles. The third kappa shape index (κ3) is 3.11. The van der Waals surface area contributed by atoms with Gasteiger partial charge in [-0.15, -0.1) is 5.10 Å². The number of aromatic nitrogens is 3. The van der Waals surface area contributed by atoms with Crippen LogP contribution in [0.2, 0.25) is 0 Å². The van der Waals surface area contributed by atoms with Crippen molar-refractivity contribution in [2.45, 2.75) is 11.4 Å². The standard InChI is InChI=1S/C11H12N6O2S/c12-8-9-7-10(13)1-2-11(9)20(18,19)15-4-6-17-5-3-14-16-17/h1-3,5,7,15H,4,6,13H2. The lowest BCUT2D eigenvalue weighted by atomic mass is 10.2. The number of nitriles is 1. The van der Waals surface area contributed by atoms with Gasteiger partial charge in [-0.1, -0.05) is 5.21 Å². The molecule has 0 radical (unpaired) electrons. The molecule has 20 heavy (non-hydrogen) atoms. The zero-order chi connectivity index (χ0) is 14.6. The van der Waals surface area contributed by atoms with Crippen molar-refractivity contribution in [1.82, 2.24) is 19.7 Å². The fourth-order valence-corrected chi connectivity index (χ4v) is 2.75. The summed E-state index contributed by atoms with van der Waals surface area (Å²) in [7, 11) is -3.76. The minimum Gasteiger partial charge on any atom is -0.399 e. The van der Waals surface area contributed by atoms with Gasteiger partial charge in [0.25, 0.3) is 0 Å². The molecular weight excluding hydrogens is 280 g/mol. The molecule has 104 valence electrons. The van der Waals surface area contributed by atoms with Crippen molar-refractivity contribution in [2.24, 2.45) is 0 Å². The van der Waals surface area contributed by atoms with E-state index < -0.39 is 10.0 Å². The van der Waals surface area contributed by atoms with E-state index in [0.717, 1.165) is 0 Å². The van der Waals surface area contributed by atoms with Gasteiger partial charge in [0.2, 0.25) is 10.0 Å². The van der Waals surface area contributed by atoms with E-state index in [0.29, 0.717) is 12.2 Å². The molecule has 1 aromatic carbocycles. The average molecular weight is 292 g/mol. The fraction of sp³-hybridized carbons (Fsp3) is 0.182. The van der Waals surface area contributed by atoms with Gasteiger partial charge in [0, 0.05) is 18.4 Å². The topological polar surface area (TPSA) is 127 Å². The number of benzene rings is 1. The summed E-state index contributed by atoms with van der Waals surface area (Å²) in [5.74, 6) is 0. The minimum absolute atomic E-state index is 0.0123. The predicted octanol–water partition coefficient (Wildman–Crippen LogP) is -0.290. The second-order valence-corrected chi connectivity index (χ2v) is 5.67. The van der Waals surface area contributed by atoms with Crippen LogP contribution in [0.4, 0.5) is 5.69 Å². The lowest BCUT2D eigenvalue weighted by Gasteiger charge is -2.08. The van der Waals surface area contributed by atoms with Crippen LogP contribution in [-0.4, -0.2) is 30.0 Å². The summed E-state index contributed by atoms with van der Waals surface area (Å²) in [6.07, 6.45) is 3.13. The highest BCUT2D eigenvalue weighted by Gasteiger charge is 2.18. The normalized spacial score (nSPS) is 11.2. The number of nitrogens with one attached hydrogen (secondary N) is 1. The average Bonchev–Trinajstić information content (AvgIpc) is 2.91. The third-order valence-corrected chi connectivity index (χ3v) is 4.04. The molecule has 8 nitrogen and oxygen atoms in total. The number of hydrogen-bond donors (Lipinski definition) is 2. The number of nitrogen functional groups attached to an aromatic ring is 1. The zero-order valence-electron chi connectivity index (χ0n) is 10.4. The van der Waals surface area contributed by atoms with Crippen molar-refractivity contribution < 1.29 is 8.42 Å². The van der Waals surface area contributed by atoms with Crippen LogP contribution in [0.15, 0.2) is 35.5 Å². The Labute approximate surface area is 115 Å². The molecule has 3 N–H and O–H groups in total. The van der Waals surface area contributed by atoms with Crippen LogP contribution in [0.25, 0.3) is 0 Å². The Hall–Kier alpha value is -2.44. The van der Waals surface area contributed by atoms with Crippen molar-refractivity contribution in [1.29, 1.82) is 5.26 Å². The summed E-state index contributed by atoms with van der Waals surface area (Å²) in [6, 6.07) is 5.89. The SMILES string of the molecule is N#Cc1cc(N)ccc1S(=O)(=O)NCCn1ccnn1. The largest absolute Gasteiger partial charge is 0.399 e. The van der Waals surface area contributed by atoms with Gasteiger partial charge >= 0.3 is 0 Å². The van der Waals surface area contributed by atoms with Crippen LogP contribution in [0.5, 0.6) is 0 Å². The summed E-state index contributed by atoms with van der Waals surface area (Å²) in [6.45, 7) is 0.483. The number of hydrogen-bond acceptors (Lipinski definition) is 6. The van der Waals surface area contributed by atoms with E-state index in [-0.39, 0.29) is 17.0 Å². The molecule has 0 saturated carbocycles. The van der Waals surface area contributed by atoms with E-state index in [4.69, 9.17) is 11.0 Å². The van der Waals surface area contributed by atoms with Crippen LogP contribution in [0.1, 0.15) is 5.56 Å². The molecule has 0 aliphatic rings. The predicted molar refractivity (Wildman–Crippen MR) is 70.8 cm³/mol. The van der Waals surface area contributed by atoms with E-state index >= 15 is 0 Å². The second-order valence-electron chi connectivity index (χ2n) is 3.93. The first-order valence-corrected chi connectivity index (χ1v) is 7.14. The maximum Gasteiger partial charge on any atom is 0.241 e. The molecule has 9 heteroatoms. The molecule has 0 unspecified atom stereocenters. The first-order chi connectivity index (χ1) is 9.53. The maximum atomic E-state index is 12.1. The Balaban J connectivity index is 2.12. The van der Waals surface area contributed by atoms with Gasteiger partial charge in [-0.05, 0) is 18.2 Å². The van der Waals surface area contributed by atoms with Crippen LogP contribution >= 0.6 is 0 Å². The summed E-state index contributed by atoms with van der Waals surface area (Å²) in [5, 5.41) is 16.3. The third-order valence-electron chi connectivity index (χ3n) is 2.52. The molecule has 0 bridgehead atoms. The number of rotatable bonds is 5. The van der Waals surface area contributed by atoms with Gasteiger partial charge in [0.15, 0.2) is 0 Å². The summed E-state index contributed by atoms with van der Waals surface area (Å²) >= 11 is 0. The summed E-state index contributed by atoms with van der Waals surface area (Å²) in [5.41, 5.74) is 5.87. The van der Waals surface area contributed by atoms with Gasteiger partial charge in [-0.25, -0.2) is 13.1 Å². The monoisotopic (exact) mass is 292 g/mol. The van der Waals surface area contributed by atoms with Crippen LogP contribution < -0.4 is 10.5 Å². The van der Waals surface area contributed by atoms with E-state index in [1.54, 1.807) is 6.20 Å². The Morgan fingerprint density at radius 2 is 2.25 bits per heavy atom. The van der Waals surface area contributed by atoms with E-state index in [1.807, 2.05) is 6.07 Å². The highest BCUT2D eigenvalue weighted by Crippen LogP contribution is 2.17. The first kappa shape index (κ1) is 14.0. The molecule has 0 fully saturated rings. The molecule has 0 saturated heterocycles. The van der Waals surface area contributed by atoms with Gasteiger partial charge in [0.05, 0.1) is 23.2 Å². The van der Waals surface area contributed by atoms with Gasteiger partial charge in [0.1, 0.15) is 6.07 Å². The van der Waals surface area contributed by atoms with Crippen molar-refractivity contribution in [3.05, 3.63) is 36.2 Å². The highest BCUT2D eigenvalue weighted by atomic mass is 32.2. The first-order valence-electron chi connectivity index (χ1n) is 5.66.